The van der Waals surface area contributed by atoms with Crippen molar-refractivity contribution in [2.45, 2.75) is 6.54 Å². The molecule has 1 aromatic carbocycles. The van der Waals surface area contributed by atoms with Crippen molar-refractivity contribution in [3.8, 4) is 22.0 Å². The molecule has 0 atom stereocenters. The number of nitrogens with one attached hydrogen (secondary N) is 1. The summed E-state index contributed by atoms with van der Waals surface area (Å²) < 4.78 is 5.44. The third kappa shape index (κ3) is 3.41. The van der Waals surface area contributed by atoms with Gasteiger partial charge in [0.2, 0.25) is 0 Å². The van der Waals surface area contributed by atoms with Crippen molar-refractivity contribution in [3.63, 3.8) is 0 Å². The Morgan fingerprint density at radius 1 is 1.08 bits per heavy atom. The Balaban J connectivity index is 1.66. The van der Waals surface area contributed by atoms with Gasteiger partial charge in [-0.3, -0.25) is 9.78 Å². The van der Waals surface area contributed by atoms with Crippen LogP contribution < -0.4 is 5.32 Å². The summed E-state index contributed by atoms with van der Waals surface area (Å²) in [6, 6.07) is 17.1. The Morgan fingerprint density at radius 2 is 1.96 bits per heavy atom. The highest BCUT2D eigenvalue weighted by molar-refractivity contribution is 7.17. The predicted octanol–water partition coefficient (Wildman–Crippen LogP) is 4.40. The molecule has 3 heterocycles. The van der Waals surface area contributed by atoms with Crippen LogP contribution in [-0.4, -0.2) is 15.9 Å². The fourth-order valence-corrected chi connectivity index (χ4v) is 3.51. The van der Waals surface area contributed by atoms with E-state index in [-0.39, 0.29) is 5.91 Å². The lowest BCUT2D eigenvalue weighted by atomic mass is 10.1. The van der Waals surface area contributed by atoms with E-state index in [2.05, 4.69) is 15.3 Å². The molecular formula is C20H15N3O2S. The monoisotopic (exact) mass is 361 g/mol. The summed E-state index contributed by atoms with van der Waals surface area (Å²) in [5, 5.41) is 3.63. The number of benzene rings is 1. The number of furan rings is 1. The SMILES string of the molecule is O=C(NCc1cccnc1)c1sc(-c2ccco2)nc1-c1ccccc1. The number of thiazole rings is 1. The molecule has 0 saturated carbocycles. The van der Waals surface area contributed by atoms with Gasteiger partial charge in [0.05, 0.1) is 12.0 Å². The van der Waals surface area contributed by atoms with Gasteiger partial charge < -0.3 is 9.73 Å². The summed E-state index contributed by atoms with van der Waals surface area (Å²) in [6.45, 7) is 0.412. The molecule has 6 heteroatoms. The van der Waals surface area contributed by atoms with Crippen LogP contribution in [0, 0.1) is 0 Å². The zero-order valence-corrected chi connectivity index (χ0v) is 14.6. The van der Waals surface area contributed by atoms with Crippen molar-refractivity contribution in [1.29, 1.82) is 0 Å². The molecule has 4 rings (SSSR count). The van der Waals surface area contributed by atoms with Gasteiger partial charge in [0, 0.05) is 24.5 Å². The average molecular weight is 361 g/mol. The second kappa shape index (κ2) is 7.33. The van der Waals surface area contributed by atoms with E-state index in [9.17, 15) is 4.79 Å². The van der Waals surface area contributed by atoms with E-state index in [0.29, 0.717) is 27.9 Å². The first-order valence-electron chi connectivity index (χ1n) is 8.08. The maximum Gasteiger partial charge on any atom is 0.263 e. The summed E-state index contributed by atoms with van der Waals surface area (Å²) in [5.41, 5.74) is 2.50. The fraction of sp³-hybridized carbons (Fsp3) is 0.0500. The molecule has 0 saturated heterocycles. The van der Waals surface area contributed by atoms with Crippen LogP contribution in [0.5, 0.6) is 0 Å². The molecule has 0 unspecified atom stereocenters. The van der Waals surface area contributed by atoms with Crippen LogP contribution in [0.2, 0.25) is 0 Å². The largest absolute Gasteiger partial charge is 0.462 e. The van der Waals surface area contributed by atoms with Gasteiger partial charge in [-0.25, -0.2) is 4.98 Å². The summed E-state index contributed by atoms with van der Waals surface area (Å²) in [5.74, 6) is 0.488. The van der Waals surface area contributed by atoms with Crippen molar-refractivity contribution in [3.05, 3.63) is 83.7 Å². The van der Waals surface area contributed by atoms with E-state index >= 15 is 0 Å². The molecule has 5 nitrogen and oxygen atoms in total. The van der Waals surface area contributed by atoms with Crippen molar-refractivity contribution in [1.82, 2.24) is 15.3 Å². The number of carbonyl (C=O) groups excluding carboxylic acids is 1. The lowest BCUT2D eigenvalue weighted by Crippen LogP contribution is -2.22. The van der Waals surface area contributed by atoms with Crippen LogP contribution in [-0.2, 0) is 6.54 Å². The molecule has 3 aromatic heterocycles. The molecule has 0 aliphatic heterocycles. The molecule has 128 valence electrons. The first-order valence-corrected chi connectivity index (χ1v) is 8.90. The van der Waals surface area contributed by atoms with Crippen LogP contribution in [0.4, 0.5) is 0 Å². The molecule has 1 N–H and O–H groups in total. The Hall–Kier alpha value is -3.25. The van der Waals surface area contributed by atoms with E-state index < -0.39 is 0 Å². The Morgan fingerprint density at radius 3 is 2.69 bits per heavy atom. The molecule has 1 amide bonds. The minimum absolute atomic E-state index is 0.164. The molecule has 0 aliphatic rings. The highest BCUT2D eigenvalue weighted by Gasteiger charge is 2.21. The summed E-state index contributed by atoms with van der Waals surface area (Å²) in [7, 11) is 0. The quantitative estimate of drug-likeness (QED) is 0.572. The summed E-state index contributed by atoms with van der Waals surface area (Å²) >= 11 is 1.32. The first kappa shape index (κ1) is 16.2. The first-order chi connectivity index (χ1) is 12.8. The van der Waals surface area contributed by atoms with Crippen LogP contribution >= 0.6 is 11.3 Å². The highest BCUT2D eigenvalue weighted by Crippen LogP contribution is 2.34. The number of hydrogen-bond acceptors (Lipinski definition) is 5. The molecule has 0 fully saturated rings. The number of rotatable bonds is 5. The molecule has 0 aliphatic carbocycles. The lowest BCUT2D eigenvalue weighted by Gasteiger charge is -2.05. The third-order valence-electron chi connectivity index (χ3n) is 3.79. The highest BCUT2D eigenvalue weighted by atomic mass is 32.1. The van der Waals surface area contributed by atoms with E-state index in [1.807, 2.05) is 48.5 Å². The zero-order chi connectivity index (χ0) is 17.8. The smallest absolute Gasteiger partial charge is 0.263 e. The van der Waals surface area contributed by atoms with Gasteiger partial charge in [0.25, 0.3) is 5.91 Å². The maximum atomic E-state index is 12.8. The number of aromatic nitrogens is 2. The van der Waals surface area contributed by atoms with Gasteiger partial charge in [-0.1, -0.05) is 36.4 Å². The van der Waals surface area contributed by atoms with Gasteiger partial charge in [-0.05, 0) is 23.8 Å². The predicted molar refractivity (Wildman–Crippen MR) is 101 cm³/mol. The standard InChI is InChI=1S/C20H15N3O2S/c24-19(22-13-14-6-4-10-21-12-14)18-17(15-7-2-1-3-8-15)23-20(26-18)16-9-5-11-25-16/h1-12H,13H2,(H,22,24). The maximum absolute atomic E-state index is 12.8. The minimum atomic E-state index is -0.164. The van der Waals surface area contributed by atoms with E-state index in [1.54, 1.807) is 24.7 Å². The summed E-state index contributed by atoms with van der Waals surface area (Å²) in [4.78, 5) is 22.1. The lowest BCUT2D eigenvalue weighted by molar-refractivity contribution is 0.0955. The second-order valence-corrected chi connectivity index (χ2v) is 6.58. The van der Waals surface area contributed by atoms with E-state index in [1.165, 1.54) is 11.3 Å². The topological polar surface area (TPSA) is 68.0 Å². The Labute approximate surface area is 154 Å². The number of carbonyl (C=O) groups is 1. The van der Waals surface area contributed by atoms with Crippen LogP contribution in [0.1, 0.15) is 15.2 Å². The van der Waals surface area contributed by atoms with Crippen molar-refractivity contribution < 1.29 is 9.21 Å². The number of amides is 1. The van der Waals surface area contributed by atoms with Gasteiger partial charge in [0.15, 0.2) is 10.8 Å². The Bertz CT molecular complexity index is 996. The summed E-state index contributed by atoms with van der Waals surface area (Å²) in [6.07, 6.45) is 5.04. The normalized spacial score (nSPS) is 10.6. The van der Waals surface area contributed by atoms with Crippen molar-refractivity contribution >= 4 is 17.2 Å². The zero-order valence-electron chi connectivity index (χ0n) is 13.8. The van der Waals surface area contributed by atoms with E-state index in [0.717, 1.165) is 11.1 Å². The second-order valence-electron chi connectivity index (χ2n) is 5.58. The molecular weight excluding hydrogens is 346 g/mol. The molecule has 0 bridgehead atoms. The van der Waals surface area contributed by atoms with Gasteiger partial charge in [-0.2, -0.15) is 0 Å². The third-order valence-corrected chi connectivity index (χ3v) is 4.86. The van der Waals surface area contributed by atoms with Crippen molar-refractivity contribution in [2.24, 2.45) is 0 Å². The number of pyridine rings is 1. The van der Waals surface area contributed by atoms with Crippen LogP contribution in [0.25, 0.3) is 22.0 Å². The van der Waals surface area contributed by atoms with Gasteiger partial charge in [0.1, 0.15) is 4.88 Å². The van der Waals surface area contributed by atoms with Crippen LogP contribution in [0.15, 0.2) is 77.7 Å². The van der Waals surface area contributed by atoms with Gasteiger partial charge >= 0.3 is 0 Å². The Kier molecular flexibility index (Phi) is 4.57. The molecule has 26 heavy (non-hydrogen) atoms. The minimum Gasteiger partial charge on any atom is -0.462 e. The number of nitrogens with zero attached hydrogens (tertiary/aromatic N) is 2. The number of hydrogen-bond donors (Lipinski definition) is 1. The van der Waals surface area contributed by atoms with Crippen LogP contribution in [0.3, 0.4) is 0 Å². The molecule has 0 spiro atoms. The molecule has 4 aromatic rings. The molecule has 0 radical (unpaired) electrons. The van der Waals surface area contributed by atoms with E-state index in [4.69, 9.17) is 4.42 Å². The average Bonchev–Trinajstić information content (AvgIpc) is 3.37. The van der Waals surface area contributed by atoms with Gasteiger partial charge in [-0.15, -0.1) is 11.3 Å². The fourth-order valence-electron chi connectivity index (χ4n) is 2.54. The van der Waals surface area contributed by atoms with Crippen molar-refractivity contribution in [2.75, 3.05) is 0 Å².